The molecule has 1 atom stereocenters. The fraction of sp³-hybridized carbons (Fsp3) is 0.524. The molecule has 0 aliphatic carbocycles. The van der Waals surface area contributed by atoms with Crippen molar-refractivity contribution in [2.75, 3.05) is 26.2 Å². The minimum absolute atomic E-state index is 0.0309. The summed E-state index contributed by atoms with van der Waals surface area (Å²) in [4.78, 5) is 26.9. The topological polar surface area (TPSA) is 64.7 Å². The zero-order valence-electron chi connectivity index (χ0n) is 16.1. The van der Waals surface area contributed by atoms with Gasteiger partial charge in [0.2, 0.25) is 11.8 Å². The van der Waals surface area contributed by atoms with Crippen molar-refractivity contribution in [1.29, 1.82) is 0 Å². The van der Waals surface area contributed by atoms with Crippen molar-refractivity contribution in [3.05, 3.63) is 42.0 Å². The molecule has 0 saturated carbocycles. The lowest BCUT2D eigenvalue weighted by molar-refractivity contribution is -0.137. The summed E-state index contributed by atoms with van der Waals surface area (Å²) in [5.41, 5.74) is 4.94. The molecule has 2 aliphatic heterocycles. The Bertz CT molecular complexity index is 674. The van der Waals surface area contributed by atoms with Crippen LogP contribution in [0.5, 0.6) is 0 Å². The average Bonchev–Trinajstić information content (AvgIpc) is 2.69. The number of hydrazine groups is 1. The van der Waals surface area contributed by atoms with E-state index in [1.54, 1.807) is 0 Å². The molecule has 1 aromatic carbocycles. The van der Waals surface area contributed by atoms with Crippen LogP contribution in [0.3, 0.4) is 0 Å². The van der Waals surface area contributed by atoms with Gasteiger partial charge in [-0.05, 0) is 44.4 Å². The van der Waals surface area contributed by atoms with E-state index < -0.39 is 0 Å². The number of piperidine rings is 1. The number of likely N-dealkylation sites (tertiary alicyclic amines) is 1. The molecule has 2 aliphatic rings. The maximum absolute atomic E-state index is 12.2. The van der Waals surface area contributed by atoms with E-state index >= 15 is 0 Å². The third-order valence-corrected chi connectivity index (χ3v) is 5.31. The Balaban J connectivity index is 1.41. The summed E-state index contributed by atoms with van der Waals surface area (Å²) in [6.45, 7) is 5.14. The second kappa shape index (κ2) is 9.55. The van der Waals surface area contributed by atoms with Gasteiger partial charge in [-0.25, -0.2) is 5.01 Å². The maximum Gasteiger partial charge on any atom is 0.245 e. The van der Waals surface area contributed by atoms with Crippen LogP contribution in [0.25, 0.3) is 5.70 Å². The number of nitrogens with one attached hydrogen (secondary N) is 2. The van der Waals surface area contributed by atoms with E-state index in [2.05, 4.69) is 22.6 Å². The highest BCUT2D eigenvalue weighted by Gasteiger charge is 2.22. The van der Waals surface area contributed by atoms with Crippen LogP contribution >= 0.6 is 0 Å². The zero-order valence-corrected chi connectivity index (χ0v) is 16.1. The summed E-state index contributed by atoms with van der Waals surface area (Å²) >= 11 is 0. The lowest BCUT2D eigenvalue weighted by atomic mass is 10.0. The molecule has 0 aromatic heterocycles. The second-order valence-corrected chi connectivity index (χ2v) is 7.36. The highest BCUT2D eigenvalue weighted by Crippen LogP contribution is 2.17. The Hall–Kier alpha value is -2.34. The predicted octanol–water partition coefficient (Wildman–Crippen LogP) is 2.15. The third kappa shape index (κ3) is 5.57. The Morgan fingerprint density at radius 3 is 2.85 bits per heavy atom. The van der Waals surface area contributed by atoms with Gasteiger partial charge in [0.15, 0.2) is 0 Å². The maximum atomic E-state index is 12.2. The van der Waals surface area contributed by atoms with Gasteiger partial charge in [0.1, 0.15) is 6.54 Å². The first kappa shape index (κ1) is 19.4. The molecule has 3 rings (SSSR count). The van der Waals surface area contributed by atoms with Crippen LogP contribution in [0, 0.1) is 0 Å². The average molecular weight is 370 g/mol. The molecule has 146 valence electrons. The molecule has 2 N–H and O–H groups in total. The zero-order chi connectivity index (χ0) is 19.1. The summed E-state index contributed by atoms with van der Waals surface area (Å²) in [6.07, 6.45) is 6.98. The van der Waals surface area contributed by atoms with E-state index in [-0.39, 0.29) is 18.4 Å². The van der Waals surface area contributed by atoms with Gasteiger partial charge in [-0.3, -0.25) is 15.0 Å². The Morgan fingerprint density at radius 1 is 1.26 bits per heavy atom. The number of rotatable bonds is 7. The van der Waals surface area contributed by atoms with Crippen molar-refractivity contribution in [3.8, 4) is 0 Å². The molecule has 2 heterocycles. The van der Waals surface area contributed by atoms with Gasteiger partial charge in [0, 0.05) is 25.6 Å². The quantitative estimate of drug-likeness (QED) is 0.722. The Labute approximate surface area is 161 Å². The first-order valence-electron chi connectivity index (χ1n) is 9.97. The van der Waals surface area contributed by atoms with Crippen LogP contribution in [-0.4, -0.2) is 53.9 Å². The SMILES string of the molecule is CC1CCCCN1CCCNC(=O)CN1NC(c2ccccc2)=CCC1=O. The van der Waals surface area contributed by atoms with Gasteiger partial charge in [0.25, 0.3) is 0 Å². The van der Waals surface area contributed by atoms with E-state index in [0.29, 0.717) is 19.0 Å². The number of carbonyl (C=O) groups excluding carboxylic acids is 2. The lowest BCUT2D eigenvalue weighted by Gasteiger charge is -2.33. The normalized spacial score (nSPS) is 20.8. The van der Waals surface area contributed by atoms with Gasteiger partial charge < -0.3 is 10.2 Å². The van der Waals surface area contributed by atoms with Gasteiger partial charge in [-0.2, -0.15) is 0 Å². The van der Waals surface area contributed by atoms with Crippen molar-refractivity contribution in [3.63, 3.8) is 0 Å². The molecule has 27 heavy (non-hydrogen) atoms. The molecule has 6 nitrogen and oxygen atoms in total. The predicted molar refractivity (Wildman–Crippen MR) is 106 cm³/mol. The summed E-state index contributed by atoms with van der Waals surface area (Å²) in [5, 5.41) is 4.35. The molecule has 6 heteroatoms. The minimum atomic E-state index is -0.128. The standard InChI is InChI=1S/C21H30N4O2/c1-17-8-5-6-14-24(17)15-7-13-22-20(26)16-25-21(27)12-11-19(23-25)18-9-3-2-4-10-18/h2-4,9-11,17,23H,5-8,12-16H2,1H3,(H,22,26). The molecule has 1 fully saturated rings. The molecule has 0 radical (unpaired) electrons. The number of amides is 2. The highest BCUT2D eigenvalue weighted by molar-refractivity contribution is 5.88. The summed E-state index contributed by atoms with van der Waals surface area (Å²) in [6, 6.07) is 10.5. The van der Waals surface area contributed by atoms with Crippen LogP contribution < -0.4 is 10.7 Å². The van der Waals surface area contributed by atoms with E-state index in [1.165, 1.54) is 24.3 Å². The molecule has 1 unspecified atom stereocenters. The van der Waals surface area contributed by atoms with E-state index in [9.17, 15) is 9.59 Å². The first-order valence-corrected chi connectivity index (χ1v) is 9.97. The first-order chi connectivity index (χ1) is 13.1. The van der Waals surface area contributed by atoms with E-state index in [0.717, 1.165) is 30.8 Å². The van der Waals surface area contributed by atoms with E-state index in [4.69, 9.17) is 0 Å². The van der Waals surface area contributed by atoms with Crippen molar-refractivity contribution >= 4 is 17.5 Å². The number of nitrogens with zero attached hydrogens (tertiary/aromatic N) is 2. The number of benzene rings is 1. The fourth-order valence-corrected chi connectivity index (χ4v) is 3.68. The molecule has 1 aromatic rings. The van der Waals surface area contributed by atoms with Crippen LogP contribution in [0.1, 0.15) is 44.6 Å². The fourth-order valence-electron chi connectivity index (χ4n) is 3.68. The van der Waals surface area contributed by atoms with Crippen LogP contribution in [0.2, 0.25) is 0 Å². The van der Waals surface area contributed by atoms with Crippen molar-refractivity contribution in [2.45, 2.75) is 45.1 Å². The Kier molecular flexibility index (Phi) is 6.87. The van der Waals surface area contributed by atoms with Crippen LogP contribution in [-0.2, 0) is 9.59 Å². The lowest BCUT2D eigenvalue weighted by Crippen LogP contribution is -2.49. The molecular weight excluding hydrogens is 340 g/mol. The molecular formula is C21H30N4O2. The largest absolute Gasteiger partial charge is 0.354 e. The molecule has 0 spiro atoms. The summed E-state index contributed by atoms with van der Waals surface area (Å²) < 4.78 is 0. The van der Waals surface area contributed by atoms with Gasteiger partial charge in [-0.15, -0.1) is 0 Å². The van der Waals surface area contributed by atoms with Crippen LogP contribution in [0.15, 0.2) is 36.4 Å². The van der Waals surface area contributed by atoms with E-state index in [1.807, 2.05) is 36.4 Å². The second-order valence-electron chi connectivity index (χ2n) is 7.36. The van der Waals surface area contributed by atoms with Crippen molar-refractivity contribution in [2.24, 2.45) is 0 Å². The summed E-state index contributed by atoms with van der Waals surface area (Å²) in [7, 11) is 0. The minimum Gasteiger partial charge on any atom is -0.354 e. The highest BCUT2D eigenvalue weighted by atomic mass is 16.2. The van der Waals surface area contributed by atoms with Gasteiger partial charge >= 0.3 is 0 Å². The van der Waals surface area contributed by atoms with Crippen LogP contribution in [0.4, 0.5) is 0 Å². The Morgan fingerprint density at radius 2 is 2.07 bits per heavy atom. The number of carbonyl (C=O) groups is 2. The third-order valence-electron chi connectivity index (χ3n) is 5.31. The van der Waals surface area contributed by atoms with Crippen molar-refractivity contribution in [1.82, 2.24) is 20.7 Å². The molecule has 1 saturated heterocycles. The monoisotopic (exact) mass is 370 g/mol. The number of hydrogen-bond donors (Lipinski definition) is 2. The van der Waals surface area contributed by atoms with Gasteiger partial charge in [-0.1, -0.05) is 36.8 Å². The molecule has 0 bridgehead atoms. The summed E-state index contributed by atoms with van der Waals surface area (Å²) in [5.74, 6) is -0.219. The van der Waals surface area contributed by atoms with Gasteiger partial charge in [0.05, 0.1) is 5.70 Å². The molecule has 2 amide bonds. The smallest absolute Gasteiger partial charge is 0.245 e. The number of hydrogen-bond acceptors (Lipinski definition) is 4. The van der Waals surface area contributed by atoms with Crippen molar-refractivity contribution < 1.29 is 9.59 Å².